The SMILES string of the molecule is COc1cc(OC)cc(-c2nc3n(n2)C(c2cccc(OC)c2OC)C(C(N)=O)=C(C)N3)c1. The van der Waals surface area contributed by atoms with E-state index >= 15 is 0 Å². The second kappa shape index (κ2) is 8.73. The van der Waals surface area contributed by atoms with E-state index in [1.807, 2.05) is 12.1 Å². The number of nitrogens with two attached hydrogens (primary N) is 1. The van der Waals surface area contributed by atoms with Crippen LogP contribution in [0.1, 0.15) is 18.5 Å². The zero-order valence-corrected chi connectivity index (χ0v) is 19.0. The Morgan fingerprint density at radius 3 is 2.30 bits per heavy atom. The van der Waals surface area contributed by atoms with Gasteiger partial charge in [-0.1, -0.05) is 12.1 Å². The molecule has 0 saturated carbocycles. The first-order valence-corrected chi connectivity index (χ1v) is 10.1. The number of hydrogen-bond acceptors (Lipinski definition) is 8. The van der Waals surface area contributed by atoms with Crippen LogP contribution < -0.4 is 30.0 Å². The number of ether oxygens (including phenoxy) is 4. The van der Waals surface area contributed by atoms with Crippen molar-refractivity contribution in [2.75, 3.05) is 33.8 Å². The summed E-state index contributed by atoms with van der Waals surface area (Å²) in [5.74, 6) is 2.48. The number of methoxy groups -OCH3 is 4. The van der Waals surface area contributed by atoms with E-state index in [-0.39, 0.29) is 0 Å². The number of nitrogens with one attached hydrogen (secondary N) is 1. The lowest BCUT2D eigenvalue weighted by Crippen LogP contribution is -2.32. The molecule has 3 N–H and O–H groups in total. The number of hydrogen-bond donors (Lipinski definition) is 2. The van der Waals surface area contributed by atoms with Gasteiger partial charge in [-0.25, -0.2) is 4.68 Å². The maximum absolute atomic E-state index is 12.5. The van der Waals surface area contributed by atoms with Crippen LogP contribution in [0.3, 0.4) is 0 Å². The molecule has 10 nitrogen and oxygen atoms in total. The molecule has 0 saturated heterocycles. The number of allylic oxidation sites excluding steroid dienone is 1. The summed E-state index contributed by atoms with van der Waals surface area (Å²) in [6, 6.07) is 10.1. The molecule has 0 bridgehead atoms. The van der Waals surface area contributed by atoms with Gasteiger partial charge >= 0.3 is 0 Å². The van der Waals surface area contributed by atoms with Gasteiger partial charge in [0.25, 0.3) is 0 Å². The molecular formula is C23H25N5O5. The van der Waals surface area contributed by atoms with Crippen molar-refractivity contribution in [1.29, 1.82) is 0 Å². The third-order valence-corrected chi connectivity index (χ3v) is 5.46. The van der Waals surface area contributed by atoms with Gasteiger partial charge in [0.2, 0.25) is 11.9 Å². The van der Waals surface area contributed by atoms with Gasteiger partial charge in [0.15, 0.2) is 17.3 Å². The van der Waals surface area contributed by atoms with Crippen LogP contribution in [0.2, 0.25) is 0 Å². The third-order valence-electron chi connectivity index (χ3n) is 5.46. The van der Waals surface area contributed by atoms with Crippen LogP contribution in [0, 0.1) is 0 Å². The molecule has 4 rings (SSSR count). The highest BCUT2D eigenvalue weighted by atomic mass is 16.5. The number of nitrogens with zero attached hydrogens (tertiary/aromatic N) is 3. The van der Waals surface area contributed by atoms with Crippen molar-refractivity contribution in [2.45, 2.75) is 13.0 Å². The van der Waals surface area contributed by atoms with Crippen LogP contribution in [0.5, 0.6) is 23.0 Å². The topological polar surface area (TPSA) is 123 Å². The molecule has 0 spiro atoms. The smallest absolute Gasteiger partial charge is 0.248 e. The molecule has 1 aromatic heterocycles. The van der Waals surface area contributed by atoms with Gasteiger partial charge in [0, 0.05) is 22.9 Å². The lowest BCUT2D eigenvalue weighted by atomic mass is 9.94. The minimum Gasteiger partial charge on any atom is -0.497 e. The largest absolute Gasteiger partial charge is 0.497 e. The Kier molecular flexibility index (Phi) is 5.82. The number of carbonyl (C=O) groups excluding carboxylic acids is 1. The number of anilines is 1. The lowest BCUT2D eigenvalue weighted by Gasteiger charge is -2.29. The lowest BCUT2D eigenvalue weighted by molar-refractivity contribution is -0.115. The molecular weight excluding hydrogens is 426 g/mol. The van der Waals surface area contributed by atoms with E-state index < -0.39 is 11.9 Å². The van der Waals surface area contributed by atoms with E-state index in [2.05, 4.69) is 10.3 Å². The summed E-state index contributed by atoms with van der Waals surface area (Å²) in [5, 5.41) is 7.86. The van der Waals surface area contributed by atoms with Crippen molar-refractivity contribution in [3.05, 3.63) is 53.2 Å². The molecule has 0 fully saturated rings. The third kappa shape index (κ3) is 3.79. The fraction of sp³-hybridized carbons (Fsp3) is 0.261. The molecule has 172 valence electrons. The summed E-state index contributed by atoms with van der Waals surface area (Å²) in [6.45, 7) is 1.77. The standard InChI is InChI=1S/C23H25N5O5/c1-12-18(21(24)29)19(16-7-6-8-17(32-4)20(16)33-5)28-23(25-12)26-22(27-28)13-9-14(30-2)11-15(10-13)31-3/h6-11,19H,1-5H3,(H2,24,29)(H,25,26,27). The van der Waals surface area contributed by atoms with Gasteiger partial charge in [-0.15, -0.1) is 5.10 Å². The number of aromatic nitrogens is 3. The summed E-state index contributed by atoms with van der Waals surface area (Å²) >= 11 is 0. The highest BCUT2D eigenvalue weighted by Gasteiger charge is 2.36. The quantitative estimate of drug-likeness (QED) is 0.562. The van der Waals surface area contributed by atoms with Gasteiger partial charge in [-0.05, 0) is 25.1 Å². The first-order valence-electron chi connectivity index (χ1n) is 10.1. The van der Waals surface area contributed by atoms with E-state index in [0.29, 0.717) is 57.2 Å². The number of amides is 1. The zero-order chi connectivity index (χ0) is 23.7. The molecule has 1 atom stereocenters. The molecule has 2 heterocycles. The monoisotopic (exact) mass is 451 g/mol. The fourth-order valence-corrected chi connectivity index (χ4v) is 3.94. The normalized spacial score (nSPS) is 14.9. The first-order chi connectivity index (χ1) is 15.9. The van der Waals surface area contributed by atoms with E-state index in [4.69, 9.17) is 29.8 Å². The van der Waals surface area contributed by atoms with Crippen LogP contribution in [-0.4, -0.2) is 49.1 Å². The van der Waals surface area contributed by atoms with E-state index in [1.165, 1.54) is 0 Å². The maximum Gasteiger partial charge on any atom is 0.248 e. The van der Waals surface area contributed by atoms with Crippen LogP contribution >= 0.6 is 0 Å². The molecule has 33 heavy (non-hydrogen) atoms. The summed E-state index contributed by atoms with van der Waals surface area (Å²) in [4.78, 5) is 17.2. The molecule has 1 aliphatic rings. The maximum atomic E-state index is 12.5. The van der Waals surface area contributed by atoms with Crippen LogP contribution in [0.25, 0.3) is 11.4 Å². The highest BCUT2D eigenvalue weighted by molar-refractivity contribution is 5.95. The van der Waals surface area contributed by atoms with Crippen molar-refractivity contribution in [2.24, 2.45) is 5.73 Å². The number of rotatable bonds is 7. The number of fused-ring (bicyclic) bond motifs is 1. The summed E-state index contributed by atoms with van der Waals surface area (Å²) in [5.41, 5.74) is 8.06. The number of benzene rings is 2. The van der Waals surface area contributed by atoms with E-state index in [9.17, 15) is 4.79 Å². The Bertz CT molecular complexity index is 1230. The van der Waals surface area contributed by atoms with Gasteiger partial charge in [-0.2, -0.15) is 4.98 Å². The molecule has 0 aliphatic carbocycles. The zero-order valence-electron chi connectivity index (χ0n) is 19.0. The number of primary amides is 1. The molecule has 3 aromatic rings. The Labute approximate surface area is 190 Å². The Hall–Kier alpha value is -4.21. The van der Waals surface area contributed by atoms with Gasteiger partial charge < -0.3 is 30.0 Å². The number of carbonyl (C=O) groups is 1. The average molecular weight is 451 g/mol. The van der Waals surface area contributed by atoms with Crippen molar-refractivity contribution in [1.82, 2.24) is 14.8 Å². The molecule has 1 amide bonds. The summed E-state index contributed by atoms with van der Waals surface area (Å²) in [7, 11) is 6.24. The molecule has 10 heteroatoms. The predicted octanol–water partition coefficient (Wildman–Crippen LogP) is 2.75. The van der Waals surface area contributed by atoms with Crippen molar-refractivity contribution >= 4 is 11.9 Å². The molecule has 0 radical (unpaired) electrons. The van der Waals surface area contributed by atoms with E-state index in [0.717, 1.165) is 0 Å². The van der Waals surface area contributed by atoms with Crippen molar-refractivity contribution in [3.8, 4) is 34.4 Å². The molecule has 1 unspecified atom stereocenters. The first kappa shape index (κ1) is 22.0. The van der Waals surface area contributed by atoms with Crippen LogP contribution in [-0.2, 0) is 4.79 Å². The Morgan fingerprint density at radius 2 is 1.73 bits per heavy atom. The second-order valence-electron chi connectivity index (χ2n) is 7.32. The van der Waals surface area contributed by atoms with Gasteiger partial charge in [0.1, 0.15) is 17.5 Å². The Balaban J connectivity index is 1.93. The highest BCUT2D eigenvalue weighted by Crippen LogP contribution is 2.43. The minimum atomic E-state index is -0.683. The van der Waals surface area contributed by atoms with Crippen LogP contribution in [0.15, 0.2) is 47.7 Å². The minimum absolute atomic E-state index is 0.341. The van der Waals surface area contributed by atoms with E-state index in [1.54, 1.807) is 64.3 Å². The second-order valence-corrected chi connectivity index (χ2v) is 7.32. The number of para-hydroxylation sites is 1. The average Bonchev–Trinajstić information content (AvgIpc) is 3.25. The van der Waals surface area contributed by atoms with Gasteiger partial charge in [0.05, 0.1) is 34.0 Å². The van der Waals surface area contributed by atoms with Crippen LogP contribution in [0.4, 0.5) is 5.95 Å². The Morgan fingerprint density at radius 1 is 1.03 bits per heavy atom. The predicted molar refractivity (Wildman–Crippen MR) is 122 cm³/mol. The van der Waals surface area contributed by atoms with Gasteiger partial charge in [-0.3, -0.25) is 4.79 Å². The van der Waals surface area contributed by atoms with Crippen molar-refractivity contribution < 1.29 is 23.7 Å². The fourth-order valence-electron chi connectivity index (χ4n) is 3.94. The molecule has 2 aromatic carbocycles. The molecule has 1 aliphatic heterocycles. The summed E-state index contributed by atoms with van der Waals surface area (Å²) in [6.07, 6.45) is 0. The summed E-state index contributed by atoms with van der Waals surface area (Å²) < 4.78 is 23.5. The van der Waals surface area contributed by atoms with Crippen molar-refractivity contribution in [3.63, 3.8) is 0 Å².